The fraction of sp³-hybridized carbons (Fsp3) is 0.389. The molecule has 1 aromatic heterocycles. The highest BCUT2D eigenvalue weighted by Crippen LogP contribution is 2.36. The molecule has 2 aromatic rings. The third kappa shape index (κ3) is 3.45. The van der Waals surface area contributed by atoms with Crippen molar-refractivity contribution in [1.29, 1.82) is 0 Å². The Morgan fingerprint density at radius 3 is 2.59 bits per heavy atom. The molecule has 1 aliphatic heterocycles. The number of ether oxygens (including phenoxy) is 1. The summed E-state index contributed by atoms with van der Waals surface area (Å²) in [6.45, 7) is 0.00102. The van der Waals surface area contributed by atoms with Crippen LogP contribution < -0.4 is 4.74 Å². The smallest absolute Gasteiger partial charge is 0.325 e. The molecule has 1 aliphatic rings. The number of benzene rings is 1. The number of carboxylic acid groups (broad SMARTS) is 3. The van der Waals surface area contributed by atoms with Gasteiger partial charge in [0.15, 0.2) is 0 Å². The van der Waals surface area contributed by atoms with Crippen molar-refractivity contribution in [2.24, 2.45) is 0 Å². The van der Waals surface area contributed by atoms with Crippen LogP contribution in [0, 0.1) is 0 Å². The predicted octanol–water partition coefficient (Wildman–Crippen LogP) is 1.41. The second-order valence-electron chi connectivity index (χ2n) is 6.46. The Morgan fingerprint density at radius 1 is 1.26 bits per heavy atom. The number of fused-ring (bicyclic) bond motifs is 1. The van der Waals surface area contributed by atoms with Gasteiger partial charge in [0.1, 0.15) is 24.4 Å². The van der Waals surface area contributed by atoms with Gasteiger partial charge in [-0.05, 0) is 31.0 Å². The van der Waals surface area contributed by atoms with Crippen LogP contribution in [0.3, 0.4) is 0 Å². The van der Waals surface area contributed by atoms with Gasteiger partial charge in [0.05, 0.1) is 7.11 Å². The molecule has 1 aromatic carbocycles. The van der Waals surface area contributed by atoms with E-state index >= 15 is 0 Å². The standard InChI is InChI=1S/C18H20N2O7/c1-27-10-4-5-13-11(7-10)12(8-19(13)9-15(21)22)16(18(25)26)20-6-2-3-14(20)17(23)24/h4-5,7-8,14,16H,2-3,6,9H2,1H3,(H,21,22)(H,23,24)(H,25,26)/t14-,16?/m1/s1. The molecule has 0 amide bonds. The molecule has 1 fully saturated rings. The SMILES string of the molecule is COc1ccc2c(c1)c(C(C(=O)O)N1CCC[C@@H]1C(=O)O)cn2CC(=O)O. The molecular weight excluding hydrogens is 356 g/mol. The molecule has 3 N–H and O–H groups in total. The number of rotatable bonds is 7. The van der Waals surface area contributed by atoms with Gasteiger partial charge in [-0.25, -0.2) is 0 Å². The van der Waals surface area contributed by atoms with Gasteiger partial charge in [-0.15, -0.1) is 0 Å². The van der Waals surface area contributed by atoms with Crippen LogP contribution in [0.4, 0.5) is 0 Å². The first-order valence-corrected chi connectivity index (χ1v) is 8.43. The maximum Gasteiger partial charge on any atom is 0.325 e. The summed E-state index contributed by atoms with van der Waals surface area (Å²) in [7, 11) is 1.48. The molecule has 1 unspecified atom stereocenters. The summed E-state index contributed by atoms with van der Waals surface area (Å²) in [5.41, 5.74) is 0.899. The van der Waals surface area contributed by atoms with Crippen molar-refractivity contribution < 1.29 is 34.4 Å². The highest BCUT2D eigenvalue weighted by molar-refractivity contribution is 5.91. The van der Waals surface area contributed by atoms with E-state index in [9.17, 15) is 24.6 Å². The molecule has 0 aliphatic carbocycles. The van der Waals surface area contributed by atoms with Crippen LogP contribution in [0.1, 0.15) is 24.4 Å². The second-order valence-corrected chi connectivity index (χ2v) is 6.46. The zero-order valence-corrected chi connectivity index (χ0v) is 14.7. The topological polar surface area (TPSA) is 129 Å². The molecule has 2 atom stereocenters. The predicted molar refractivity (Wildman–Crippen MR) is 93.9 cm³/mol. The van der Waals surface area contributed by atoms with Crippen LogP contribution in [-0.4, -0.2) is 62.4 Å². The fourth-order valence-corrected chi connectivity index (χ4v) is 3.74. The molecule has 0 bridgehead atoms. The van der Waals surface area contributed by atoms with Crippen molar-refractivity contribution in [3.05, 3.63) is 30.0 Å². The summed E-state index contributed by atoms with van der Waals surface area (Å²) in [6, 6.07) is 2.88. The van der Waals surface area contributed by atoms with Crippen molar-refractivity contribution in [2.45, 2.75) is 31.5 Å². The van der Waals surface area contributed by atoms with E-state index in [1.165, 1.54) is 22.8 Å². The Bertz CT molecular complexity index is 904. The van der Waals surface area contributed by atoms with E-state index in [0.29, 0.717) is 41.6 Å². The van der Waals surface area contributed by atoms with Crippen molar-refractivity contribution in [3.8, 4) is 5.75 Å². The van der Waals surface area contributed by atoms with Crippen molar-refractivity contribution in [1.82, 2.24) is 9.47 Å². The molecule has 3 rings (SSSR count). The fourth-order valence-electron chi connectivity index (χ4n) is 3.74. The van der Waals surface area contributed by atoms with Gasteiger partial charge in [-0.1, -0.05) is 0 Å². The van der Waals surface area contributed by atoms with Crippen molar-refractivity contribution in [2.75, 3.05) is 13.7 Å². The molecule has 27 heavy (non-hydrogen) atoms. The zero-order valence-electron chi connectivity index (χ0n) is 14.7. The molecule has 9 nitrogen and oxygen atoms in total. The average molecular weight is 376 g/mol. The lowest BCUT2D eigenvalue weighted by Gasteiger charge is -2.27. The number of hydrogen-bond acceptors (Lipinski definition) is 5. The summed E-state index contributed by atoms with van der Waals surface area (Å²) in [5.74, 6) is -2.81. The monoisotopic (exact) mass is 376 g/mol. The van der Waals surface area contributed by atoms with Crippen LogP contribution in [0.5, 0.6) is 5.75 Å². The Labute approximate surface area is 154 Å². The number of aliphatic carboxylic acids is 3. The van der Waals surface area contributed by atoms with Crippen molar-refractivity contribution in [3.63, 3.8) is 0 Å². The number of carbonyl (C=O) groups is 3. The lowest BCUT2D eigenvalue weighted by Crippen LogP contribution is -2.41. The normalized spacial score (nSPS) is 18.5. The number of carboxylic acids is 3. The highest BCUT2D eigenvalue weighted by atomic mass is 16.5. The molecule has 1 saturated heterocycles. The summed E-state index contributed by atoms with van der Waals surface area (Å²) >= 11 is 0. The van der Waals surface area contributed by atoms with Crippen LogP contribution >= 0.6 is 0 Å². The largest absolute Gasteiger partial charge is 0.497 e. The molecule has 0 spiro atoms. The van der Waals surface area contributed by atoms with E-state index in [4.69, 9.17) is 9.84 Å². The lowest BCUT2D eigenvalue weighted by atomic mass is 10.0. The van der Waals surface area contributed by atoms with Gasteiger partial charge in [0.2, 0.25) is 0 Å². The zero-order chi connectivity index (χ0) is 19.7. The number of aromatic nitrogens is 1. The highest BCUT2D eigenvalue weighted by Gasteiger charge is 2.40. The molecular formula is C18H20N2O7. The van der Waals surface area contributed by atoms with Crippen LogP contribution in [0.25, 0.3) is 10.9 Å². The minimum atomic E-state index is -1.20. The Balaban J connectivity index is 2.18. The molecule has 0 radical (unpaired) electrons. The summed E-state index contributed by atoms with van der Waals surface area (Å²) < 4.78 is 6.66. The van der Waals surface area contributed by atoms with E-state index in [2.05, 4.69) is 0 Å². The summed E-state index contributed by atoms with van der Waals surface area (Å²) in [6.07, 6.45) is 2.43. The third-order valence-corrected chi connectivity index (χ3v) is 4.86. The lowest BCUT2D eigenvalue weighted by molar-refractivity contribution is -0.149. The number of likely N-dealkylation sites (tertiary alicyclic amines) is 1. The minimum absolute atomic E-state index is 0.336. The third-order valence-electron chi connectivity index (χ3n) is 4.86. The quantitative estimate of drug-likeness (QED) is 0.661. The first-order valence-electron chi connectivity index (χ1n) is 8.43. The van der Waals surface area contributed by atoms with Crippen LogP contribution in [0.2, 0.25) is 0 Å². The van der Waals surface area contributed by atoms with Gasteiger partial charge >= 0.3 is 17.9 Å². The van der Waals surface area contributed by atoms with E-state index in [1.54, 1.807) is 18.2 Å². The van der Waals surface area contributed by atoms with E-state index in [1.807, 2.05) is 0 Å². The average Bonchev–Trinajstić information content (AvgIpc) is 3.20. The molecule has 2 heterocycles. The van der Waals surface area contributed by atoms with Gasteiger partial charge in [0.25, 0.3) is 0 Å². The minimum Gasteiger partial charge on any atom is -0.497 e. The molecule has 0 saturated carbocycles. The Morgan fingerprint density at radius 2 is 2.00 bits per heavy atom. The van der Waals surface area contributed by atoms with Gasteiger partial charge in [-0.2, -0.15) is 0 Å². The number of nitrogens with zero attached hydrogens (tertiary/aromatic N) is 2. The van der Waals surface area contributed by atoms with Crippen LogP contribution in [-0.2, 0) is 20.9 Å². The Hall–Kier alpha value is -3.07. The van der Waals surface area contributed by atoms with Gasteiger partial charge in [0, 0.05) is 29.2 Å². The number of hydrogen-bond donors (Lipinski definition) is 3. The van der Waals surface area contributed by atoms with E-state index < -0.39 is 30.0 Å². The maximum absolute atomic E-state index is 12.1. The van der Waals surface area contributed by atoms with Gasteiger partial charge in [-0.3, -0.25) is 19.3 Å². The van der Waals surface area contributed by atoms with Crippen molar-refractivity contribution >= 4 is 28.8 Å². The van der Waals surface area contributed by atoms with E-state index in [-0.39, 0.29) is 6.54 Å². The summed E-state index contributed by atoms with van der Waals surface area (Å²) in [4.78, 5) is 36.3. The van der Waals surface area contributed by atoms with Crippen LogP contribution in [0.15, 0.2) is 24.4 Å². The maximum atomic E-state index is 12.1. The first kappa shape index (κ1) is 18.7. The molecule has 144 valence electrons. The van der Waals surface area contributed by atoms with E-state index in [0.717, 1.165) is 0 Å². The van der Waals surface area contributed by atoms with Gasteiger partial charge < -0.3 is 24.6 Å². The second kappa shape index (κ2) is 7.28. The first-order chi connectivity index (χ1) is 12.8. The Kier molecular flexibility index (Phi) is 5.04. The number of methoxy groups -OCH3 is 1. The summed E-state index contributed by atoms with van der Waals surface area (Å²) in [5, 5.41) is 29.0. The molecule has 9 heteroatoms.